The average molecular weight is 171 g/mol. The van der Waals surface area contributed by atoms with E-state index in [1.54, 1.807) is 0 Å². The number of hydrogen-bond donors (Lipinski definition) is 0. The van der Waals surface area contributed by atoms with Crippen LogP contribution in [0.2, 0.25) is 0 Å². The first-order valence-corrected chi connectivity index (χ1v) is 3.42. The second kappa shape index (κ2) is 5.33. The smallest absolute Gasteiger partial charge is 0.290 e. The van der Waals surface area contributed by atoms with Crippen molar-refractivity contribution < 1.29 is 18.1 Å². The van der Waals surface area contributed by atoms with Gasteiger partial charge in [-0.15, -0.1) is 0 Å². The van der Waals surface area contributed by atoms with Gasteiger partial charge in [-0.05, 0) is 0 Å². The summed E-state index contributed by atoms with van der Waals surface area (Å²) in [5.74, 6) is 0. The number of rotatable bonds is 3. The van der Waals surface area contributed by atoms with Crippen LogP contribution in [0.1, 0.15) is 0 Å². The van der Waals surface area contributed by atoms with Gasteiger partial charge in [-0.2, -0.15) is 0 Å². The van der Waals surface area contributed by atoms with Gasteiger partial charge < -0.3 is 0 Å². The Morgan fingerprint density at radius 2 is 1.22 bits per heavy atom. The van der Waals surface area contributed by atoms with Gasteiger partial charge in [0.25, 0.3) is 0 Å². The molecule has 0 unspecified atom stereocenters. The molecule has 0 atom stereocenters. The molecule has 0 fully saturated rings. The highest BCUT2D eigenvalue weighted by Gasteiger charge is 2.18. The van der Waals surface area contributed by atoms with Crippen molar-refractivity contribution in [3.8, 4) is 0 Å². The predicted octanol–water partition coefficient (Wildman–Crippen LogP) is 1.89. The van der Waals surface area contributed by atoms with E-state index in [0.717, 1.165) is 0 Å². The lowest BCUT2D eigenvalue weighted by Gasteiger charge is -2.08. The highest BCUT2D eigenvalue weighted by Crippen LogP contribution is 2.46. The van der Waals surface area contributed by atoms with Crippen LogP contribution in [-0.4, -0.2) is 21.3 Å². The Balaban J connectivity index is 0. The summed E-state index contributed by atoms with van der Waals surface area (Å²) in [6.45, 7) is 0. The van der Waals surface area contributed by atoms with Gasteiger partial charge in [0.15, 0.2) is 0 Å². The summed E-state index contributed by atoms with van der Waals surface area (Å²) in [5.41, 5.74) is 0. The van der Waals surface area contributed by atoms with E-state index in [-0.39, 0.29) is 9.90 Å². The van der Waals surface area contributed by atoms with Crippen molar-refractivity contribution >= 4 is 17.7 Å². The zero-order chi connectivity index (χ0) is 6.62. The Morgan fingerprint density at radius 1 is 1.00 bits per heavy atom. The molecule has 0 bridgehead atoms. The van der Waals surface area contributed by atoms with Crippen LogP contribution in [0.4, 0.5) is 0 Å². The van der Waals surface area contributed by atoms with Crippen LogP contribution >= 0.6 is 17.7 Å². The minimum absolute atomic E-state index is 0. The van der Waals surface area contributed by atoms with Gasteiger partial charge in [0.1, 0.15) is 0 Å². The molecule has 0 saturated heterocycles. The molecule has 0 heterocycles. The summed E-state index contributed by atoms with van der Waals surface area (Å²) in [4.78, 5) is 0. The minimum atomic E-state index is -3.16. The predicted molar refractivity (Wildman–Crippen MR) is 35.6 cm³/mol. The third kappa shape index (κ3) is 4.01. The molecule has 0 aliphatic carbocycles. The van der Waals surface area contributed by atoms with Gasteiger partial charge >= 0.3 is 7.82 Å². The molecule has 0 aromatic heterocycles. The normalized spacial score (nSPS) is 10.6. The van der Waals surface area contributed by atoms with Gasteiger partial charge in [-0.25, -0.2) is 4.57 Å². The highest BCUT2D eigenvalue weighted by molar-refractivity contribution is 7.48. The summed E-state index contributed by atoms with van der Waals surface area (Å²) in [6, 6.07) is 0. The van der Waals surface area contributed by atoms with E-state index in [9.17, 15) is 4.57 Å². The standard InChI is InChI=1S/C3H9O4P.P/c1-5-8(4,6-2)7-3;/h1-3H3;. The maximum absolute atomic E-state index is 10.7. The third-order valence-corrected chi connectivity index (χ3v) is 2.01. The SMILES string of the molecule is COP(=O)(OC)OC.[P]. The molecule has 55 valence electrons. The summed E-state index contributed by atoms with van der Waals surface area (Å²) < 4.78 is 23.7. The molecule has 0 aromatic rings. The van der Waals surface area contributed by atoms with Crippen LogP contribution in [0.15, 0.2) is 0 Å². The lowest BCUT2D eigenvalue weighted by atomic mass is 11.8. The van der Waals surface area contributed by atoms with Crippen molar-refractivity contribution in [2.24, 2.45) is 0 Å². The van der Waals surface area contributed by atoms with Crippen LogP contribution in [0.25, 0.3) is 0 Å². The van der Waals surface area contributed by atoms with Crippen molar-refractivity contribution in [3.63, 3.8) is 0 Å². The zero-order valence-corrected chi connectivity index (χ0v) is 7.32. The molecule has 0 aliphatic heterocycles. The molecular weight excluding hydrogens is 162 g/mol. The fourth-order valence-electron chi connectivity index (χ4n) is 0.224. The Hall–Kier alpha value is 0.540. The molecule has 3 radical (unpaired) electrons. The molecule has 0 aliphatic rings. The topological polar surface area (TPSA) is 44.8 Å². The number of hydrogen-bond acceptors (Lipinski definition) is 4. The molecule has 9 heavy (non-hydrogen) atoms. The highest BCUT2D eigenvalue weighted by atomic mass is 31.2. The number of phosphoric acid groups is 1. The van der Waals surface area contributed by atoms with Crippen LogP contribution < -0.4 is 0 Å². The van der Waals surface area contributed by atoms with Gasteiger partial charge in [-0.1, -0.05) is 0 Å². The summed E-state index contributed by atoms with van der Waals surface area (Å²) in [5, 5.41) is 0. The lowest BCUT2D eigenvalue weighted by Crippen LogP contribution is -1.88. The maximum Gasteiger partial charge on any atom is 0.473 e. The van der Waals surface area contributed by atoms with Crippen molar-refractivity contribution in [3.05, 3.63) is 0 Å². The second-order valence-electron chi connectivity index (χ2n) is 0.995. The molecule has 0 N–H and O–H groups in total. The van der Waals surface area contributed by atoms with Crippen molar-refractivity contribution in [1.29, 1.82) is 0 Å². The van der Waals surface area contributed by atoms with E-state index in [1.165, 1.54) is 21.3 Å². The van der Waals surface area contributed by atoms with Crippen molar-refractivity contribution in [1.82, 2.24) is 0 Å². The van der Waals surface area contributed by atoms with Crippen LogP contribution in [0, 0.1) is 0 Å². The van der Waals surface area contributed by atoms with Crippen LogP contribution in [-0.2, 0) is 18.1 Å². The fourth-order valence-corrected chi connectivity index (χ4v) is 0.671. The van der Waals surface area contributed by atoms with E-state index in [0.29, 0.717) is 0 Å². The fraction of sp³-hybridized carbons (Fsp3) is 1.00. The van der Waals surface area contributed by atoms with Crippen LogP contribution in [0.5, 0.6) is 0 Å². The molecule has 0 aromatic carbocycles. The molecule has 0 rings (SSSR count). The first-order chi connectivity index (χ1) is 3.68. The third-order valence-electron chi connectivity index (χ3n) is 0.671. The van der Waals surface area contributed by atoms with Gasteiger partial charge in [-0.3, -0.25) is 13.6 Å². The van der Waals surface area contributed by atoms with E-state index in [2.05, 4.69) is 13.6 Å². The zero-order valence-electron chi connectivity index (χ0n) is 5.53. The molecule has 0 amide bonds. The second-order valence-corrected chi connectivity index (χ2v) is 2.98. The maximum atomic E-state index is 10.7. The Bertz CT molecular complexity index is 85.0. The lowest BCUT2D eigenvalue weighted by molar-refractivity contribution is 0.178. The van der Waals surface area contributed by atoms with Crippen molar-refractivity contribution in [2.75, 3.05) is 21.3 Å². The van der Waals surface area contributed by atoms with Gasteiger partial charge in [0, 0.05) is 31.2 Å². The largest absolute Gasteiger partial charge is 0.473 e. The molecule has 6 heteroatoms. The monoisotopic (exact) mass is 171 g/mol. The first kappa shape index (κ1) is 12.2. The Labute approximate surface area is 58.1 Å². The molecular formula is C3H9O4P2. The Morgan fingerprint density at radius 3 is 1.22 bits per heavy atom. The van der Waals surface area contributed by atoms with E-state index >= 15 is 0 Å². The Kier molecular flexibility index (Phi) is 7.25. The summed E-state index contributed by atoms with van der Waals surface area (Å²) in [6.07, 6.45) is 0. The first-order valence-electron chi connectivity index (χ1n) is 1.96. The molecule has 4 nitrogen and oxygen atoms in total. The molecule has 0 saturated carbocycles. The van der Waals surface area contributed by atoms with E-state index in [4.69, 9.17) is 0 Å². The average Bonchev–Trinajstić information content (AvgIpc) is 1.87. The number of phosphoric ester groups is 1. The van der Waals surface area contributed by atoms with Crippen LogP contribution in [0.3, 0.4) is 0 Å². The molecule has 0 spiro atoms. The van der Waals surface area contributed by atoms with E-state index < -0.39 is 7.82 Å². The minimum Gasteiger partial charge on any atom is -0.290 e. The van der Waals surface area contributed by atoms with Crippen molar-refractivity contribution in [2.45, 2.75) is 0 Å². The summed E-state index contributed by atoms with van der Waals surface area (Å²) in [7, 11) is 0.611. The quantitative estimate of drug-likeness (QED) is 0.608. The summed E-state index contributed by atoms with van der Waals surface area (Å²) >= 11 is 0. The van der Waals surface area contributed by atoms with Gasteiger partial charge in [0.2, 0.25) is 0 Å². The van der Waals surface area contributed by atoms with E-state index in [1.807, 2.05) is 0 Å². The van der Waals surface area contributed by atoms with Gasteiger partial charge in [0.05, 0.1) is 0 Å².